The van der Waals surface area contributed by atoms with E-state index in [2.05, 4.69) is 15.4 Å². The van der Waals surface area contributed by atoms with Crippen molar-refractivity contribution < 1.29 is 53.9 Å². The lowest BCUT2D eigenvalue weighted by atomic mass is 9.97. The number of hydrogen-bond acceptors (Lipinski definition) is 11. The third kappa shape index (κ3) is 9.48. The minimum absolute atomic E-state index is 0.00588. The molecule has 13 heteroatoms. The Morgan fingerprint density at radius 2 is 1.23 bits per heavy atom. The fourth-order valence-electron chi connectivity index (χ4n) is 3.40. The number of carbonyl (C=O) groups is 5. The van der Waals surface area contributed by atoms with E-state index < -0.39 is 46.8 Å². The van der Waals surface area contributed by atoms with Crippen LogP contribution in [0, 0.1) is 12.3 Å². The number of rotatable bonds is 8. The first-order valence-electron chi connectivity index (χ1n) is 13.1. The number of ether oxygens (including phenoxy) is 2. The van der Waals surface area contributed by atoms with E-state index in [4.69, 9.17) is 4.74 Å². The molecule has 0 spiro atoms. The maximum Gasteiger partial charge on any atom is 0.314 e. The molecular formula is C31H34N2O11. The summed E-state index contributed by atoms with van der Waals surface area (Å²) in [5, 5.41) is 44.8. The average Bonchev–Trinajstić information content (AvgIpc) is 2.92. The summed E-state index contributed by atoms with van der Waals surface area (Å²) in [5.74, 6) is -3.62. The van der Waals surface area contributed by atoms with Crippen LogP contribution in [0.3, 0.4) is 0 Å². The first-order chi connectivity index (χ1) is 20.4. The van der Waals surface area contributed by atoms with E-state index in [1.54, 1.807) is 27.7 Å². The minimum Gasteiger partial charge on any atom is -0.508 e. The summed E-state index contributed by atoms with van der Waals surface area (Å²) in [6, 6.07) is 10.1. The first kappa shape index (κ1) is 34.6. The normalized spacial score (nSPS) is 11.2. The summed E-state index contributed by atoms with van der Waals surface area (Å²) < 4.78 is 9.15. The van der Waals surface area contributed by atoms with E-state index in [-0.39, 0.29) is 40.3 Å². The molecule has 6 N–H and O–H groups in total. The molecule has 0 radical (unpaired) electrons. The van der Waals surface area contributed by atoms with E-state index in [0.29, 0.717) is 11.3 Å². The van der Waals surface area contributed by atoms with Crippen molar-refractivity contribution in [3.63, 3.8) is 0 Å². The number of nitrogens with one attached hydrogen (secondary N) is 2. The van der Waals surface area contributed by atoms with E-state index in [9.17, 15) is 44.4 Å². The Labute approximate surface area is 253 Å². The smallest absolute Gasteiger partial charge is 0.314 e. The molecule has 44 heavy (non-hydrogen) atoms. The first-order valence-corrected chi connectivity index (χ1v) is 13.1. The molecule has 2 amide bonds. The second kappa shape index (κ2) is 14.5. The Balaban J connectivity index is 0.000000477. The van der Waals surface area contributed by atoms with Crippen LogP contribution in [0.2, 0.25) is 0 Å². The third-order valence-corrected chi connectivity index (χ3v) is 5.82. The molecule has 13 nitrogen and oxygen atoms in total. The van der Waals surface area contributed by atoms with Crippen molar-refractivity contribution in [2.45, 2.75) is 47.8 Å². The highest BCUT2D eigenvalue weighted by Gasteiger charge is 2.25. The van der Waals surface area contributed by atoms with Crippen molar-refractivity contribution in [1.82, 2.24) is 0 Å². The van der Waals surface area contributed by atoms with Gasteiger partial charge in [-0.2, -0.15) is 0 Å². The van der Waals surface area contributed by atoms with Crippen LogP contribution < -0.4 is 10.6 Å². The molecule has 0 fully saturated rings. The molecular weight excluding hydrogens is 576 g/mol. The van der Waals surface area contributed by atoms with Gasteiger partial charge >= 0.3 is 5.97 Å². The standard InChI is InChI=1S/C23H20N2O7.C8H14O4/c1-11-7-13(3-5-18(11)27)24-22(31)16-9-21(30)17(10-20(16)29)23(32)25-14-4-6-19(28)15(8-14)12(2)26;1-6(11-5-9)12-7(10)8(2,3)4/h3-10,27-30H,1-2H3,(H,24,31)(H,25,32);5-6H,1-4H3. The second-order valence-corrected chi connectivity index (χ2v) is 10.5. The van der Waals surface area contributed by atoms with Gasteiger partial charge in [0.15, 0.2) is 5.78 Å². The van der Waals surface area contributed by atoms with Gasteiger partial charge in [-0.25, -0.2) is 0 Å². The van der Waals surface area contributed by atoms with Crippen LogP contribution in [0.4, 0.5) is 11.4 Å². The minimum atomic E-state index is -0.811. The fourth-order valence-corrected chi connectivity index (χ4v) is 3.40. The van der Waals surface area contributed by atoms with Gasteiger partial charge in [0.05, 0.1) is 22.1 Å². The number of aryl methyl sites for hydroxylation is 1. The van der Waals surface area contributed by atoms with Crippen LogP contribution in [0.5, 0.6) is 23.0 Å². The van der Waals surface area contributed by atoms with Gasteiger partial charge < -0.3 is 40.5 Å². The topological polar surface area (TPSA) is 209 Å². The number of carbonyl (C=O) groups excluding carboxylic acids is 5. The molecule has 234 valence electrons. The lowest BCUT2D eigenvalue weighted by Gasteiger charge is -2.19. The molecule has 0 heterocycles. The van der Waals surface area contributed by atoms with Crippen molar-refractivity contribution in [2.24, 2.45) is 5.41 Å². The zero-order valence-electron chi connectivity index (χ0n) is 24.9. The Hall–Kier alpha value is -5.59. The van der Waals surface area contributed by atoms with E-state index in [0.717, 1.165) is 12.1 Å². The number of benzene rings is 3. The predicted molar refractivity (Wildman–Crippen MR) is 159 cm³/mol. The maximum atomic E-state index is 12.5. The summed E-state index contributed by atoms with van der Waals surface area (Å²) in [6.07, 6.45) is -0.811. The lowest BCUT2D eigenvalue weighted by Crippen LogP contribution is -2.27. The molecule has 0 bridgehead atoms. The molecule has 0 aromatic heterocycles. The van der Waals surface area contributed by atoms with Crippen LogP contribution >= 0.6 is 0 Å². The summed E-state index contributed by atoms with van der Waals surface area (Å²) in [5.41, 5.74) is -0.0674. The molecule has 3 aromatic carbocycles. The number of Topliss-reactive ketones (excluding diaryl/α,β-unsaturated/α-hetero) is 1. The van der Waals surface area contributed by atoms with Crippen molar-refractivity contribution in [3.8, 4) is 23.0 Å². The second-order valence-electron chi connectivity index (χ2n) is 10.5. The molecule has 3 aromatic rings. The van der Waals surface area contributed by atoms with Gasteiger partial charge in [0.25, 0.3) is 18.3 Å². The van der Waals surface area contributed by atoms with Gasteiger partial charge in [-0.15, -0.1) is 0 Å². The summed E-state index contributed by atoms with van der Waals surface area (Å²) >= 11 is 0. The van der Waals surface area contributed by atoms with Crippen molar-refractivity contribution in [2.75, 3.05) is 10.6 Å². The molecule has 0 aliphatic carbocycles. The number of amides is 2. The zero-order valence-corrected chi connectivity index (χ0v) is 24.9. The van der Waals surface area contributed by atoms with E-state index >= 15 is 0 Å². The zero-order chi connectivity index (χ0) is 33.4. The highest BCUT2D eigenvalue weighted by atomic mass is 16.7. The van der Waals surface area contributed by atoms with E-state index in [1.165, 1.54) is 50.2 Å². The summed E-state index contributed by atoms with van der Waals surface area (Å²) in [7, 11) is 0. The number of phenolic OH excluding ortho intramolecular Hbond substituents is 4. The molecule has 1 unspecified atom stereocenters. The highest BCUT2D eigenvalue weighted by Crippen LogP contribution is 2.30. The Kier molecular flexibility index (Phi) is 11.4. The third-order valence-electron chi connectivity index (χ3n) is 5.82. The largest absolute Gasteiger partial charge is 0.508 e. The van der Waals surface area contributed by atoms with Crippen molar-refractivity contribution >= 4 is 41.4 Å². The maximum absolute atomic E-state index is 12.5. The molecule has 0 aliphatic rings. The van der Waals surface area contributed by atoms with Gasteiger partial charge in [0.1, 0.15) is 23.0 Å². The number of aromatic hydroxyl groups is 4. The Morgan fingerprint density at radius 1 is 0.750 bits per heavy atom. The monoisotopic (exact) mass is 610 g/mol. The summed E-state index contributed by atoms with van der Waals surface area (Å²) in [4.78, 5) is 57.5. The number of esters is 1. The number of anilines is 2. The molecule has 1 atom stereocenters. The van der Waals surface area contributed by atoms with Crippen LogP contribution in [-0.4, -0.2) is 56.8 Å². The molecule has 0 saturated carbocycles. The van der Waals surface area contributed by atoms with Gasteiger partial charge in [-0.05, 0) is 88.7 Å². The fraction of sp³-hybridized carbons (Fsp3) is 0.258. The lowest BCUT2D eigenvalue weighted by molar-refractivity contribution is -0.183. The molecule has 0 saturated heterocycles. The predicted octanol–water partition coefficient (Wildman–Crippen LogP) is 4.62. The van der Waals surface area contributed by atoms with Crippen LogP contribution in [0.25, 0.3) is 0 Å². The van der Waals surface area contributed by atoms with Crippen LogP contribution in [-0.2, 0) is 19.1 Å². The van der Waals surface area contributed by atoms with Gasteiger partial charge in [-0.1, -0.05) is 0 Å². The number of phenols is 4. The highest BCUT2D eigenvalue weighted by molar-refractivity contribution is 6.10. The van der Waals surface area contributed by atoms with Crippen LogP contribution in [0.1, 0.15) is 71.3 Å². The average molecular weight is 611 g/mol. The van der Waals surface area contributed by atoms with Crippen LogP contribution in [0.15, 0.2) is 48.5 Å². The SMILES string of the molecule is CC(=O)c1cc(NC(=O)c2cc(O)c(C(=O)Nc3ccc(O)c(C)c3)cc2O)ccc1O.CC(OC=O)OC(=O)C(C)(C)C. The van der Waals surface area contributed by atoms with Gasteiger partial charge in [-0.3, -0.25) is 24.0 Å². The van der Waals surface area contributed by atoms with Crippen molar-refractivity contribution in [3.05, 3.63) is 70.8 Å². The Morgan fingerprint density at radius 3 is 1.66 bits per heavy atom. The summed E-state index contributed by atoms with van der Waals surface area (Å²) in [6.45, 7) is 9.82. The number of hydrogen-bond donors (Lipinski definition) is 6. The van der Waals surface area contributed by atoms with Gasteiger partial charge in [0.2, 0.25) is 6.29 Å². The quantitative estimate of drug-likeness (QED) is 0.0681. The number of ketones is 1. The molecule has 0 aliphatic heterocycles. The Bertz CT molecular complexity index is 1580. The van der Waals surface area contributed by atoms with Crippen molar-refractivity contribution in [1.29, 1.82) is 0 Å². The van der Waals surface area contributed by atoms with E-state index in [1.807, 2.05) is 0 Å². The van der Waals surface area contributed by atoms with Gasteiger partial charge in [0, 0.05) is 18.3 Å². The molecule has 3 rings (SSSR count).